The normalized spacial score (nSPS) is 12.2. The molecule has 6 heteroatoms. The summed E-state index contributed by atoms with van der Waals surface area (Å²) in [7, 11) is 0. The lowest BCUT2D eigenvalue weighted by atomic mass is 10.1. The molecular formula is C20H17N3O3. The van der Waals surface area contributed by atoms with Crippen molar-refractivity contribution < 1.29 is 8.83 Å². The van der Waals surface area contributed by atoms with Gasteiger partial charge in [-0.25, -0.2) is 4.98 Å². The van der Waals surface area contributed by atoms with Crippen molar-refractivity contribution in [1.82, 2.24) is 14.8 Å². The molecule has 0 aliphatic carbocycles. The minimum absolute atomic E-state index is 0.0410. The molecule has 0 unspecified atom stereocenters. The highest BCUT2D eigenvalue weighted by Crippen LogP contribution is 2.40. The lowest BCUT2D eigenvalue weighted by molar-refractivity contribution is 0.547. The third kappa shape index (κ3) is 1.87. The first-order valence-corrected chi connectivity index (χ1v) is 8.55. The number of aromatic amines is 1. The molecule has 0 aliphatic heterocycles. The van der Waals surface area contributed by atoms with Gasteiger partial charge in [0.25, 0.3) is 0 Å². The summed E-state index contributed by atoms with van der Waals surface area (Å²) in [6.07, 6.45) is 3.55. The highest BCUT2D eigenvalue weighted by molar-refractivity contribution is 6.14. The van der Waals surface area contributed by atoms with Crippen LogP contribution in [0, 0.1) is 6.92 Å². The topological polar surface area (TPSA) is 77.0 Å². The Labute approximate surface area is 148 Å². The van der Waals surface area contributed by atoms with Gasteiger partial charge in [-0.05, 0) is 45.0 Å². The monoisotopic (exact) mass is 347 g/mol. The average molecular weight is 347 g/mol. The summed E-state index contributed by atoms with van der Waals surface area (Å²) in [6, 6.07) is 7.32. The van der Waals surface area contributed by atoms with Crippen LogP contribution in [-0.2, 0) is 0 Å². The van der Waals surface area contributed by atoms with E-state index >= 15 is 0 Å². The van der Waals surface area contributed by atoms with E-state index in [2.05, 4.69) is 18.9 Å². The van der Waals surface area contributed by atoms with Crippen LogP contribution in [0.2, 0.25) is 0 Å². The molecule has 0 fully saturated rings. The Hall–Kier alpha value is -3.28. The maximum absolute atomic E-state index is 12.0. The second kappa shape index (κ2) is 5.11. The van der Waals surface area contributed by atoms with E-state index in [1.54, 1.807) is 25.3 Å². The fourth-order valence-electron chi connectivity index (χ4n) is 3.52. The first-order chi connectivity index (χ1) is 12.6. The third-order valence-corrected chi connectivity index (χ3v) is 4.85. The van der Waals surface area contributed by atoms with Gasteiger partial charge in [0, 0.05) is 23.2 Å². The number of nitrogens with zero attached hydrogens (tertiary/aromatic N) is 2. The second-order valence-corrected chi connectivity index (χ2v) is 6.78. The van der Waals surface area contributed by atoms with E-state index in [9.17, 15) is 4.79 Å². The van der Waals surface area contributed by atoms with Gasteiger partial charge in [0.1, 0.15) is 16.9 Å². The molecule has 130 valence electrons. The minimum atomic E-state index is -0.0410. The molecule has 6 nitrogen and oxygen atoms in total. The van der Waals surface area contributed by atoms with E-state index in [0.29, 0.717) is 22.5 Å². The smallest absolute Gasteiger partial charge is 0.185 e. The number of H-pyrrole nitrogens is 1. The summed E-state index contributed by atoms with van der Waals surface area (Å²) in [5.41, 5.74) is 4.16. The first kappa shape index (κ1) is 15.0. The third-order valence-electron chi connectivity index (χ3n) is 4.85. The molecule has 0 radical (unpaired) electrons. The molecule has 0 spiro atoms. The summed E-state index contributed by atoms with van der Waals surface area (Å²) in [5.74, 6) is 0.705. The van der Waals surface area contributed by atoms with E-state index in [4.69, 9.17) is 13.8 Å². The van der Waals surface area contributed by atoms with Crippen LogP contribution in [0.4, 0.5) is 0 Å². The van der Waals surface area contributed by atoms with Crippen LogP contribution < -0.4 is 5.43 Å². The Morgan fingerprint density at radius 2 is 2.00 bits per heavy atom. The lowest BCUT2D eigenvalue weighted by Gasteiger charge is -2.08. The van der Waals surface area contributed by atoms with Gasteiger partial charge >= 0.3 is 0 Å². The van der Waals surface area contributed by atoms with Gasteiger partial charge in [0.2, 0.25) is 0 Å². The van der Waals surface area contributed by atoms with Gasteiger partial charge in [0.05, 0.1) is 17.2 Å². The van der Waals surface area contributed by atoms with Crippen LogP contribution >= 0.6 is 0 Å². The Balaban J connectivity index is 2.05. The molecule has 0 aliphatic rings. The number of rotatable bonds is 2. The summed E-state index contributed by atoms with van der Waals surface area (Å²) in [5, 5.41) is 5.02. The van der Waals surface area contributed by atoms with Crippen LogP contribution in [0.1, 0.15) is 25.5 Å². The van der Waals surface area contributed by atoms with E-state index in [0.717, 1.165) is 27.5 Å². The first-order valence-electron chi connectivity index (χ1n) is 8.55. The van der Waals surface area contributed by atoms with Crippen molar-refractivity contribution in [2.45, 2.75) is 26.8 Å². The summed E-state index contributed by atoms with van der Waals surface area (Å²) < 4.78 is 13.8. The Bertz CT molecular complexity index is 1330. The molecule has 0 bridgehead atoms. The van der Waals surface area contributed by atoms with Crippen molar-refractivity contribution in [3.8, 4) is 11.3 Å². The molecule has 5 aromatic rings. The van der Waals surface area contributed by atoms with Gasteiger partial charge in [-0.2, -0.15) is 0 Å². The minimum Gasteiger partial charge on any atom is -0.464 e. The Morgan fingerprint density at radius 1 is 1.15 bits per heavy atom. The zero-order valence-corrected chi connectivity index (χ0v) is 14.7. The number of hydrogen-bond donors (Lipinski definition) is 1. The van der Waals surface area contributed by atoms with Gasteiger partial charge < -0.3 is 13.9 Å². The zero-order chi connectivity index (χ0) is 18.0. The summed E-state index contributed by atoms with van der Waals surface area (Å²) in [6.45, 7) is 5.97. The number of benzene rings is 1. The molecule has 26 heavy (non-hydrogen) atoms. The van der Waals surface area contributed by atoms with Crippen LogP contribution in [0.15, 0.2) is 50.4 Å². The van der Waals surface area contributed by atoms with E-state index in [1.807, 2.05) is 23.0 Å². The highest BCUT2D eigenvalue weighted by atomic mass is 16.3. The van der Waals surface area contributed by atoms with Crippen molar-refractivity contribution >= 4 is 33.1 Å². The number of pyridine rings is 1. The number of fused-ring (bicyclic) bond motifs is 4. The summed E-state index contributed by atoms with van der Waals surface area (Å²) >= 11 is 0. The molecular weight excluding hydrogens is 330 g/mol. The van der Waals surface area contributed by atoms with Crippen molar-refractivity contribution in [2.24, 2.45) is 0 Å². The van der Waals surface area contributed by atoms with Crippen LogP contribution in [0.5, 0.6) is 0 Å². The molecule has 1 aromatic carbocycles. The van der Waals surface area contributed by atoms with Crippen LogP contribution in [-0.4, -0.2) is 14.8 Å². The number of aryl methyl sites for hydroxylation is 1. The Morgan fingerprint density at radius 3 is 2.73 bits per heavy atom. The van der Waals surface area contributed by atoms with Gasteiger partial charge in [-0.1, -0.05) is 0 Å². The molecule has 4 aromatic heterocycles. The fourth-order valence-corrected chi connectivity index (χ4v) is 3.52. The van der Waals surface area contributed by atoms with Crippen LogP contribution in [0.25, 0.3) is 44.4 Å². The zero-order valence-electron chi connectivity index (χ0n) is 14.7. The molecule has 0 saturated heterocycles. The second-order valence-electron chi connectivity index (χ2n) is 6.78. The number of nitrogens with one attached hydrogen (secondary N) is 1. The molecule has 1 N–H and O–H groups in total. The number of aromatic nitrogens is 3. The molecule has 4 heterocycles. The van der Waals surface area contributed by atoms with Crippen molar-refractivity contribution in [3.63, 3.8) is 0 Å². The molecule has 0 atom stereocenters. The molecule has 0 amide bonds. The SMILES string of the molecule is Cc1c(=O)ccc2c1oc1c(-c3ccco3)c3c[nH]n(C(C)C)c3nc12. The van der Waals surface area contributed by atoms with Crippen molar-refractivity contribution in [1.29, 1.82) is 0 Å². The molecule has 5 rings (SSSR count). The largest absolute Gasteiger partial charge is 0.464 e. The standard InChI is InChI=1S/C20H17N3O3/c1-10(2)23-20-13(9-21-23)16(15-5-4-8-25-15)19-17(22-20)12-6-7-14(24)11(3)18(12)26-19/h4-10,21H,1-3H3. The average Bonchev–Trinajstić information content (AvgIpc) is 3.34. The molecule has 0 saturated carbocycles. The van der Waals surface area contributed by atoms with E-state index < -0.39 is 0 Å². The van der Waals surface area contributed by atoms with Crippen LogP contribution in [0.3, 0.4) is 0 Å². The summed E-state index contributed by atoms with van der Waals surface area (Å²) in [4.78, 5) is 16.9. The maximum Gasteiger partial charge on any atom is 0.185 e. The maximum atomic E-state index is 12.0. The predicted molar refractivity (Wildman–Crippen MR) is 100 cm³/mol. The highest BCUT2D eigenvalue weighted by Gasteiger charge is 2.23. The number of hydrogen-bond acceptors (Lipinski definition) is 4. The number of furan rings is 2. The predicted octanol–water partition coefficient (Wildman–Crippen LogP) is 4.77. The van der Waals surface area contributed by atoms with E-state index in [-0.39, 0.29) is 11.5 Å². The quantitative estimate of drug-likeness (QED) is 0.499. The van der Waals surface area contributed by atoms with Crippen molar-refractivity contribution in [2.75, 3.05) is 0 Å². The fraction of sp³-hybridized carbons (Fsp3) is 0.200. The van der Waals surface area contributed by atoms with Gasteiger partial charge in [-0.3, -0.25) is 9.48 Å². The van der Waals surface area contributed by atoms with E-state index in [1.165, 1.54) is 0 Å². The van der Waals surface area contributed by atoms with Crippen molar-refractivity contribution in [3.05, 3.63) is 52.5 Å². The van der Waals surface area contributed by atoms with Gasteiger partial charge in [-0.15, -0.1) is 0 Å². The lowest BCUT2D eigenvalue weighted by Crippen LogP contribution is -2.03. The Kier molecular flexibility index (Phi) is 2.95. The van der Waals surface area contributed by atoms with Gasteiger partial charge in [0.15, 0.2) is 16.7 Å².